The van der Waals surface area contributed by atoms with Crippen LogP contribution < -0.4 is 11.2 Å². The van der Waals surface area contributed by atoms with Crippen LogP contribution in [0.15, 0.2) is 62.6 Å². The summed E-state index contributed by atoms with van der Waals surface area (Å²) in [5.41, 5.74) is 0.252. The maximum absolute atomic E-state index is 13.2. The average Bonchev–Trinajstić information content (AvgIpc) is 3.09. The molecule has 8 nitrogen and oxygen atoms in total. The summed E-state index contributed by atoms with van der Waals surface area (Å²) in [6.07, 6.45) is 0.681. The molecule has 4 aromatic rings. The van der Waals surface area contributed by atoms with Crippen molar-refractivity contribution in [2.45, 2.75) is 39.5 Å². The first kappa shape index (κ1) is 22.2. The second-order valence-corrected chi connectivity index (χ2v) is 8.67. The monoisotopic (exact) mass is 498 g/mol. The van der Waals surface area contributed by atoms with Crippen LogP contribution in [0, 0.1) is 0 Å². The first-order valence-electron chi connectivity index (χ1n) is 10.4. The van der Waals surface area contributed by atoms with Gasteiger partial charge in [-0.1, -0.05) is 40.2 Å². The first-order valence-corrected chi connectivity index (χ1v) is 11.2. The summed E-state index contributed by atoms with van der Waals surface area (Å²) in [6, 6.07) is 13.8. The van der Waals surface area contributed by atoms with Gasteiger partial charge in [0.25, 0.3) is 5.56 Å². The molecule has 0 aliphatic heterocycles. The zero-order chi connectivity index (χ0) is 22.8. The van der Waals surface area contributed by atoms with E-state index in [4.69, 9.17) is 4.74 Å². The summed E-state index contributed by atoms with van der Waals surface area (Å²) in [6.45, 7) is 4.50. The van der Waals surface area contributed by atoms with Gasteiger partial charge in [0.1, 0.15) is 6.54 Å². The lowest BCUT2D eigenvalue weighted by molar-refractivity contribution is 0.0748. The Labute approximate surface area is 192 Å². The quantitative estimate of drug-likeness (QED) is 0.274. The molecule has 0 aliphatic carbocycles. The zero-order valence-electron chi connectivity index (χ0n) is 17.8. The molecule has 32 heavy (non-hydrogen) atoms. The Morgan fingerprint density at radius 1 is 1.09 bits per heavy atom. The van der Waals surface area contributed by atoms with Crippen LogP contribution in [-0.2, 0) is 17.8 Å². The fourth-order valence-electron chi connectivity index (χ4n) is 3.58. The molecule has 2 heterocycles. The van der Waals surface area contributed by atoms with E-state index in [0.29, 0.717) is 36.0 Å². The van der Waals surface area contributed by atoms with Crippen LogP contribution in [0.5, 0.6) is 0 Å². The van der Waals surface area contributed by atoms with Crippen molar-refractivity contribution in [2.75, 3.05) is 6.61 Å². The number of aryl methyl sites for hydroxylation is 1. The van der Waals surface area contributed by atoms with Crippen LogP contribution in [0.4, 0.5) is 0 Å². The third-order valence-corrected chi connectivity index (χ3v) is 5.65. The summed E-state index contributed by atoms with van der Waals surface area (Å²) in [5.74, 6) is -0.0293. The number of hydrogen-bond acceptors (Lipinski definition) is 5. The van der Waals surface area contributed by atoms with E-state index in [0.717, 1.165) is 9.15 Å². The van der Waals surface area contributed by atoms with E-state index in [1.54, 1.807) is 48.5 Å². The molecule has 166 valence electrons. The fraction of sp³-hybridized carbons (Fsp3) is 0.304. The van der Waals surface area contributed by atoms with Crippen molar-refractivity contribution in [3.63, 3.8) is 0 Å². The van der Waals surface area contributed by atoms with E-state index in [9.17, 15) is 14.4 Å². The number of hydrogen-bond donors (Lipinski definition) is 0. The highest BCUT2D eigenvalue weighted by Gasteiger charge is 2.19. The largest absolute Gasteiger partial charge is 0.379 e. The molecular weight excluding hydrogens is 476 g/mol. The maximum Gasteiger partial charge on any atom is 0.352 e. The number of ether oxygens (including phenoxy) is 1. The van der Waals surface area contributed by atoms with Crippen molar-refractivity contribution < 1.29 is 9.53 Å². The molecule has 0 saturated heterocycles. The second-order valence-electron chi connectivity index (χ2n) is 7.75. The average molecular weight is 499 g/mol. The van der Waals surface area contributed by atoms with E-state index < -0.39 is 5.69 Å². The van der Waals surface area contributed by atoms with E-state index >= 15 is 0 Å². The molecule has 0 spiro atoms. The van der Waals surface area contributed by atoms with E-state index in [-0.39, 0.29) is 29.8 Å². The van der Waals surface area contributed by atoms with E-state index in [1.807, 2.05) is 13.8 Å². The predicted octanol–water partition coefficient (Wildman–Crippen LogP) is 3.27. The van der Waals surface area contributed by atoms with Gasteiger partial charge in [-0.25, -0.2) is 13.9 Å². The van der Waals surface area contributed by atoms with Crippen LogP contribution in [0.25, 0.3) is 16.7 Å². The van der Waals surface area contributed by atoms with Crippen LogP contribution in [0.3, 0.4) is 0 Å². The molecule has 0 radical (unpaired) electrons. The van der Waals surface area contributed by atoms with Gasteiger partial charge in [0, 0.05) is 23.2 Å². The molecule has 0 aliphatic rings. The second kappa shape index (κ2) is 9.22. The predicted molar refractivity (Wildman–Crippen MR) is 125 cm³/mol. The van der Waals surface area contributed by atoms with Crippen LogP contribution in [0.1, 0.15) is 30.6 Å². The van der Waals surface area contributed by atoms with Crippen LogP contribution in [0.2, 0.25) is 0 Å². The lowest BCUT2D eigenvalue weighted by Crippen LogP contribution is -2.28. The maximum atomic E-state index is 13.2. The smallest absolute Gasteiger partial charge is 0.352 e. The number of carbonyl (C=O) groups is 1. The normalized spacial score (nSPS) is 11.6. The highest BCUT2D eigenvalue weighted by molar-refractivity contribution is 9.10. The minimum Gasteiger partial charge on any atom is -0.379 e. The van der Waals surface area contributed by atoms with Crippen molar-refractivity contribution in [1.29, 1.82) is 0 Å². The third-order valence-electron chi connectivity index (χ3n) is 5.12. The summed E-state index contributed by atoms with van der Waals surface area (Å²) in [5, 5.41) is 4.80. The molecule has 0 amide bonds. The molecule has 0 unspecified atom stereocenters. The molecule has 0 saturated carbocycles. The van der Waals surface area contributed by atoms with Crippen molar-refractivity contribution in [3.05, 3.63) is 79.4 Å². The Morgan fingerprint density at radius 3 is 2.53 bits per heavy atom. The molecule has 2 aromatic heterocycles. The van der Waals surface area contributed by atoms with Gasteiger partial charge in [-0.2, -0.15) is 0 Å². The SMILES string of the molecule is CC(C)OCCCn1c(=O)c2ccccc2n2c(=O)n(CC(=O)c3ccc(Br)cc3)nc12. The van der Waals surface area contributed by atoms with Gasteiger partial charge in [-0.05, 0) is 44.5 Å². The third kappa shape index (κ3) is 4.31. The fourth-order valence-corrected chi connectivity index (χ4v) is 3.84. The van der Waals surface area contributed by atoms with Gasteiger partial charge in [0.15, 0.2) is 5.78 Å². The van der Waals surface area contributed by atoms with Crippen molar-refractivity contribution in [3.8, 4) is 0 Å². The molecular formula is C23H23BrN4O4. The lowest BCUT2D eigenvalue weighted by atomic mass is 10.1. The standard InChI is InChI=1S/C23H23BrN4O4/c1-15(2)32-13-5-12-26-21(30)18-6-3-4-7-19(18)28-22(26)25-27(23(28)31)14-20(29)16-8-10-17(24)11-9-16/h3-4,6-11,15H,5,12-14H2,1-2H3. The highest BCUT2D eigenvalue weighted by Crippen LogP contribution is 2.13. The Balaban J connectivity index is 1.78. The zero-order valence-corrected chi connectivity index (χ0v) is 19.4. The summed E-state index contributed by atoms with van der Waals surface area (Å²) in [7, 11) is 0. The van der Waals surface area contributed by atoms with Gasteiger partial charge in [-0.15, -0.1) is 5.10 Å². The lowest BCUT2D eigenvalue weighted by Gasteiger charge is -2.11. The Hall–Kier alpha value is -3.04. The molecule has 0 atom stereocenters. The van der Waals surface area contributed by atoms with Crippen molar-refractivity contribution in [2.24, 2.45) is 0 Å². The molecule has 4 rings (SSSR count). The summed E-state index contributed by atoms with van der Waals surface area (Å²) in [4.78, 5) is 39.1. The molecule has 0 fully saturated rings. The van der Waals surface area contributed by atoms with Crippen molar-refractivity contribution in [1.82, 2.24) is 18.7 Å². The Bertz CT molecular complexity index is 1400. The number of ketones is 1. The Kier molecular flexibility index (Phi) is 6.38. The van der Waals surface area contributed by atoms with Crippen molar-refractivity contribution >= 4 is 38.4 Å². The number of rotatable bonds is 8. The number of para-hydroxylation sites is 1. The number of halogens is 1. The van der Waals surface area contributed by atoms with Gasteiger partial charge in [-0.3, -0.25) is 14.2 Å². The molecule has 2 aromatic carbocycles. The van der Waals surface area contributed by atoms with Gasteiger partial charge in [0.05, 0.1) is 17.0 Å². The minimum atomic E-state index is -0.464. The first-order chi connectivity index (χ1) is 15.4. The number of fused-ring (bicyclic) bond motifs is 3. The summed E-state index contributed by atoms with van der Waals surface area (Å²) < 4.78 is 10.4. The van der Waals surface area contributed by atoms with Gasteiger partial charge >= 0.3 is 5.69 Å². The van der Waals surface area contributed by atoms with Gasteiger partial charge in [0.2, 0.25) is 5.78 Å². The number of aromatic nitrogens is 4. The summed E-state index contributed by atoms with van der Waals surface area (Å²) >= 11 is 3.34. The molecule has 0 N–H and O–H groups in total. The van der Waals surface area contributed by atoms with Gasteiger partial charge < -0.3 is 4.74 Å². The number of nitrogens with zero attached hydrogens (tertiary/aromatic N) is 4. The number of carbonyl (C=O) groups excluding carboxylic acids is 1. The van der Waals surface area contributed by atoms with Crippen LogP contribution in [-0.4, -0.2) is 37.2 Å². The highest BCUT2D eigenvalue weighted by atomic mass is 79.9. The molecule has 9 heteroatoms. The Morgan fingerprint density at radius 2 is 1.81 bits per heavy atom. The van der Waals surface area contributed by atoms with E-state index in [1.165, 1.54) is 8.97 Å². The molecule has 0 bridgehead atoms. The number of benzene rings is 2. The van der Waals surface area contributed by atoms with E-state index in [2.05, 4.69) is 21.0 Å². The van der Waals surface area contributed by atoms with Crippen LogP contribution >= 0.6 is 15.9 Å². The topological polar surface area (TPSA) is 87.6 Å². The minimum absolute atomic E-state index is 0.0924. The number of Topliss-reactive ketones (excluding diaryl/α,β-unsaturated/α-hetero) is 1.